The Labute approximate surface area is 157 Å². The summed E-state index contributed by atoms with van der Waals surface area (Å²) in [6.07, 6.45) is 5.86. The zero-order valence-electron chi connectivity index (χ0n) is 15.3. The van der Waals surface area contributed by atoms with Gasteiger partial charge < -0.3 is 14.5 Å². The molecule has 0 bridgehead atoms. The van der Waals surface area contributed by atoms with Crippen molar-refractivity contribution in [1.29, 1.82) is 0 Å². The van der Waals surface area contributed by atoms with Crippen LogP contribution in [0.2, 0.25) is 0 Å². The van der Waals surface area contributed by atoms with Crippen LogP contribution in [0.1, 0.15) is 36.1 Å². The van der Waals surface area contributed by atoms with Gasteiger partial charge in [-0.3, -0.25) is 4.79 Å². The summed E-state index contributed by atoms with van der Waals surface area (Å²) in [5.41, 5.74) is 3.09. The molecule has 0 saturated heterocycles. The Morgan fingerprint density at radius 3 is 3.00 bits per heavy atom. The highest BCUT2D eigenvalue weighted by atomic mass is 16.5. The number of fused-ring (bicyclic) bond motifs is 1. The molecule has 3 aromatic rings. The molecule has 2 aromatic heterocycles. The van der Waals surface area contributed by atoms with Gasteiger partial charge in [-0.2, -0.15) is 5.10 Å². The Balaban J connectivity index is 1.67. The number of carbonyl (C=O) groups is 1. The van der Waals surface area contributed by atoms with Crippen LogP contribution in [0.15, 0.2) is 58.8 Å². The fourth-order valence-corrected chi connectivity index (χ4v) is 3.49. The summed E-state index contributed by atoms with van der Waals surface area (Å²) < 4.78 is 12.7. The number of amides is 1. The number of anilines is 1. The quantitative estimate of drug-likeness (QED) is 0.742. The SMILES string of the molecule is COc1ccccc1Cn1ncc2c1NC(=O)CC2/C(C)=C/c1ccco1. The maximum atomic E-state index is 12.3. The van der Waals surface area contributed by atoms with Crippen LogP contribution in [-0.4, -0.2) is 22.8 Å². The molecule has 27 heavy (non-hydrogen) atoms. The number of allylic oxidation sites excluding steroid dienone is 1. The standard InChI is InChI=1S/C21H21N3O3/c1-14(10-16-7-5-9-27-16)17-11-20(25)23-21-18(17)12-22-24(21)13-15-6-3-4-8-19(15)26-2/h3-10,12,17H,11,13H2,1-2H3,(H,23,25)/b14-10+. The van der Waals surface area contributed by atoms with Crippen LogP contribution in [0.5, 0.6) is 5.75 Å². The molecule has 1 atom stereocenters. The Morgan fingerprint density at radius 2 is 2.22 bits per heavy atom. The minimum atomic E-state index is -0.0229. The second-order valence-electron chi connectivity index (χ2n) is 6.63. The third-order valence-electron chi connectivity index (χ3n) is 4.87. The maximum absolute atomic E-state index is 12.3. The number of benzene rings is 1. The van der Waals surface area contributed by atoms with Crippen LogP contribution in [0, 0.1) is 0 Å². The predicted molar refractivity (Wildman–Crippen MR) is 103 cm³/mol. The number of aromatic nitrogens is 2. The summed E-state index contributed by atoms with van der Waals surface area (Å²) in [6.45, 7) is 2.54. The van der Waals surface area contributed by atoms with Gasteiger partial charge >= 0.3 is 0 Å². The molecule has 1 aromatic carbocycles. The van der Waals surface area contributed by atoms with E-state index in [-0.39, 0.29) is 11.8 Å². The van der Waals surface area contributed by atoms with Gasteiger partial charge in [-0.15, -0.1) is 0 Å². The highest BCUT2D eigenvalue weighted by molar-refractivity contribution is 5.94. The first-order valence-corrected chi connectivity index (χ1v) is 8.85. The van der Waals surface area contributed by atoms with Gasteiger partial charge in [-0.05, 0) is 31.2 Å². The Kier molecular flexibility index (Phi) is 4.54. The lowest BCUT2D eigenvalue weighted by atomic mass is 9.87. The molecule has 0 aliphatic carbocycles. The Bertz CT molecular complexity index is 986. The average molecular weight is 363 g/mol. The highest BCUT2D eigenvalue weighted by Crippen LogP contribution is 2.38. The molecular formula is C21H21N3O3. The van der Waals surface area contributed by atoms with E-state index < -0.39 is 0 Å². The number of furan rings is 1. The molecule has 1 aliphatic heterocycles. The zero-order chi connectivity index (χ0) is 18.8. The van der Waals surface area contributed by atoms with Crippen molar-refractivity contribution in [1.82, 2.24) is 9.78 Å². The molecule has 0 spiro atoms. The molecule has 0 fully saturated rings. The number of para-hydroxylation sites is 1. The maximum Gasteiger partial charge on any atom is 0.226 e. The molecule has 1 amide bonds. The number of ether oxygens (including phenoxy) is 1. The Hall–Kier alpha value is -3.28. The number of nitrogens with zero attached hydrogens (tertiary/aromatic N) is 2. The number of carbonyl (C=O) groups excluding carboxylic acids is 1. The Morgan fingerprint density at radius 1 is 1.37 bits per heavy atom. The molecule has 4 rings (SSSR count). The van der Waals surface area contributed by atoms with E-state index in [0.29, 0.717) is 13.0 Å². The van der Waals surface area contributed by atoms with Gasteiger partial charge in [-0.25, -0.2) is 4.68 Å². The van der Waals surface area contributed by atoms with E-state index in [4.69, 9.17) is 9.15 Å². The molecule has 1 N–H and O–H groups in total. The minimum Gasteiger partial charge on any atom is -0.496 e. The van der Waals surface area contributed by atoms with Gasteiger partial charge in [0.25, 0.3) is 0 Å². The number of hydrogen-bond acceptors (Lipinski definition) is 4. The molecular weight excluding hydrogens is 342 g/mol. The number of hydrogen-bond donors (Lipinski definition) is 1. The molecule has 6 heteroatoms. The van der Waals surface area contributed by atoms with Crippen LogP contribution in [-0.2, 0) is 11.3 Å². The smallest absolute Gasteiger partial charge is 0.226 e. The van der Waals surface area contributed by atoms with Crippen molar-refractivity contribution in [3.63, 3.8) is 0 Å². The lowest BCUT2D eigenvalue weighted by Crippen LogP contribution is -2.25. The third kappa shape index (κ3) is 3.38. The van der Waals surface area contributed by atoms with E-state index in [0.717, 1.165) is 34.0 Å². The first-order valence-electron chi connectivity index (χ1n) is 8.85. The number of nitrogens with one attached hydrogen (secondary N) is 1. The number of methoxy groups -OCH3 is 1. The molecule has 6 nitrogen and oxygen atoms in total. The summed E-state index contributed by atoms with van der Waals surface area (Å²) in [5.74, 6) is 2.29. The van der Waals surface area contributed by atoms with Gasteiger partial charge in [0.2, 0.25) is 5.91 Å². The van der Waals surface area contributed by atoms with E-state index in [1.54, 1.807) is 13.4 Å². The fraction of sp³-hybridized carbons (Fsp3) is 0.238. The lowest BCUT2D eigenvalue weighted by Gasteiger charge is -2.24. The fourth-order valence-electron chi connectivity index (χ4n) is 3.49. The summed E-state index contributed by atoms with van der Waals surface area (Å²) >= 11 is 0. The topological polar surface area (TPSA) is 69.3 Å². The zero-order valence-corrected chi connectivity index (χ0v) is 15.3. The van der Waals surface area contributed by atoms with Crippen molar-refractivity contribution in [2.75, 3.05) is 12.4 Å². The molecule has 1 aliphatic rings. The average Bonchev–Trinajstić information content (AvgIpc) is 3.32. The van der Waals surface area contributed by atoms with Crippen LogP contribution in [0.4, 0.5) is 5.82 Å². The summed E-state index contributed by atoms with van der Waals surface area (Å²) in [5, 5.41) is 7.51. The van der Waals surface area contributed by atoms with Crippen LogP contribution in [0.25, 0.3) is 6.08 Å². The molecule has 0 saturated carbocycles. The first-order chi connectivity index (χ1) is 13.2. The van der Waals surface area contributed by atoms with Crippen LogP contribution < -0.4 is 10.1 Å². The predicted octanol–water partition coefficient (Wildman–Crippen LogP) is 4.06. The van der Waals surface area contributed by atoms with Crippen LogP contribution >= 0.6 is 0 Å². The summed E-state index contributed by atoms with van der Waals surface area (Å²) in [4.78, 5) is 12.3. The third-order valence-corrected chi connectivity index (χ3v) is 4.87. The second kappa shape index (κ2) is 7.15. The molecule has 1 unspecified atom stereocenters. The lowest BCUT2D eigenvalue weighted by molar-refractivity contribution is -0.116. The molecule has 3 heterocycles. The summed E-state index contributed by atoms with van der Waals surface area (Å²) in [7, 11) is 1.65. The van der Waals surface area contributed by atoms with E-state index in [1.165, 1.54) is 0 Å². The van der Waals surface area contributed by atoms with E-state index in [9.17, 15) is 4.79 Å². The van der Waals surface area contributed by atoms with E-state index in [2.05, 4.69) is 10.4 Å². The number of rotatable bonds is 5. The summed E-state index contributed by atoms with van der Waals surface area (Å²) in [6, 6.07) is 11.6. The van der Waals surface area contributed by atoms with Crippen molar-refractivity contribution in [3.05, 3.63) is 71.3 Å². The van der Waals surface area contributed by atoms with Gasteiger partial charge in [0.15, 0.2) is 0 Å². The van der Waals surface area contributed by atoms with Gasteiger partial charge in [0.1, 0.15) is 17.3 Å². The highest BCUT2D eigenvalue weighted by Gasteiger charge is 2.30. The van der Waals surface area contributed by atoms with Crippen molar-refractivity contribution >= 4 is 17.8 Å². The normalized spacial score (nSPS) is 16.7. The van der Waals surface area contributed by atoms with E-state index >= 15 is 0 Å². The molecule has 138 valence electrons. The van der Waals surface area contributed by atoms with Gasteiger partial charge in [-0.1, -0.05) is 23.8 Å². The van der Waals surface area contributed by atoms with Crippen molar-refractivity contribution in [2.24, 2.45) is 0 Å². The van der Waals surface area contributed by atoms with Crippen molar-refractivity contribution in [3.8, 4) is 5.75 Å². The van der Waals surface area contributed by atoms with Crippen molar-refractivity contribution in [2.45, 2.75) is 25.8 Å². The second-order valence-corrected chi connectivity index (χ2v) is 6.63. The first kappa shape index (κ1) is 17.1. The molecule has 0 radical (unpaired) electrons. The van der Waals surface area contributed by atoms with Gasteiger partial charge in [0, 0.05) is 23.5 Å². The van der Waals surface area contributed by atoms with Crippen LogP contribution in [0.3, 0.4) is 0 Å². The van der Waals surface area contributed by atoms with Crippen molar-refractivity contribution < 1.29 is 13.9 Å². The minimum absolute atomic E-state index is 0.0125. The van der Waals surface area contributed by atoms with Gasteiger partial charge in [0.05, 0.1) is 26.1 Å². The largest absolute Gasteiger partial charge is 0.496 e. The van der Waals surface area contributed by atoms with E-state index in [1.807, 2.05) is 60.3 Å². The monoisotopic (exact) mass is 363 g/mol.